The van der Waals surface area contributed by atoms with E-state index in [2.05, 4.69) is 5.32 Å². The van der Waals surface area contributed by atoms with Crippen molar-refractivity contribution in [3.63, 3.8) is 0 Å². The van der Waals surface area contributed by atoms with E-state index in [0.29, 0.717) is 6.54 Å². The number of amides is 1. The Morgan fingerprint density at radius 2 is 2.00 bits per heavy atom. The topological polar surface area (TPSA) is 47.6 Å². The highest BCUT2D eigenvalue weighted by atomic mass is 16.7. The Balaban J connectivity index is 2.67. The van der Waals surface area contributed by atoms with Crippen molar-refractivity contribution in [1.29, 1.82) is 0 Å². The van der Waals surface area contributed by atoms with Gasteiger partial charge in [0, 0.05) is 33.3 Å². The van der Waals surface area contributed by atoms with Crippen LogP contribution in [0.15, 0.2) is 30.3 Å². The molecule has 19 heavy (non-hydrogen) atoms. The minimum Gasteiger partial charge on any atom is -0.356 e. The monoisotopic (exact) mass is 263 g/mol. The zero-order valence-electron chi connectivity index (χ0n) is 11.7. The minimum atomic E-state index is -0.365. The van der Waals surface area contributed by atoms with Crippen LogP contribution in [0.5, 0.6) is 0 Å². The first-order chi connectivity index (χ1) is 9.19. The van der Waals surface area contributed by atoms with E-state index in [-0.39, 0.29) is 12.2 Å². The summed E-state index contributed by atoms with van der Waals surface area (Å²) in [5, 5.41) is 2.75. The van der Waals surface area contributed by atoms with Gasteiger partial charge in [-0.15, -0.1) is 0 Å². The van der Waals surface area contributed by atoms with Crippen LogP contribution in [0, 0.1) is 0 Å². The van der Waals surface area contributed by atoms with Crippen LogP contribution >= 0.6 is 0 Å². The summed E-state index contributed by atoms with van der Waals surface area (Å²) in [6, 6.07) is 7.91. The number of benzene rings is 1. The lowest BCUT2D eigenvalue weighted by Gasteiger charge is -2.16. The molecular weight excluding hydrogens is 242 g/mol. The summed E-state index contributed by atoms with van der Waals surface area (Å²) in [6.07, 6.45) is 4.47. The van der Waals surface area contributed by atoms with Gasteiger partial charge in [-0.05, 0) is 12.0 Å². The van der Waals surface area contributed by atoms with E-state index in [1.165, 1.54) is 6.92 Å². The van der Waals surface area contributed by atoms with Crippen LogP contribution < -0.4 is 5.32 Å². The fourth-order valence-electron chi connectivity index (χ4n) is 1.77. The highest BCUT2D eigenvalue weighted by Gasteiger charge is 2.11. The Bertz CT molecular complexity index is 425. The van der Waals surface area contributed by atoms with Crippen molar-refractivity contribution in [2.45, 2.75) is 19.6 Å². The molecule has 0 fully saturated rings. The van der Waals surface area contributed by atoms with Crippen molar-refractivity contribution < 1.29 is 14.3 Å². The zero-order valence-corrected chi connectivity index (χ0v) is 11.7. The molecule has 104 valence electrons. The van der Waals surface area contributed by atoms with E-state index in [1.807, 2.05) is 36.4 Å². The highest BCUT2D eigenvalue weighted by Crippen LogP contribution is 2.22. The van der Waals surface area contributed by atoms with Gasteiger partial charge in [-0.25, -0.2) is 0 Å². The lowest BCUT2D eigenvalue weighted by atomic mass is 10.1. The summed E-state index contributed by atoms with van der Waals surface area (Å²) in [4.78, 5) is 10.7. The Hall–Kier alpha value is -1.65. The molecular formula is C15H21NO3. The zero-order chi connectivity index (χ0) is 14.1. The molecule has 1 rings (SSSR count). The van der Waals surface area contributed by atoms with Gasteiger partial charge in [-0.2, -0.15) is 0 Å². The maximum absolute atomic E-state index is 10.7. The van der Waals surface area contributed by atoms with Crippen LogP contribution in [0.1, 0.15) is 30.8 Å². The Morgan fingerprint density at radius 1 is 1.32 bits per heavy atom. The molecule has 0 aliphatic rings. The van der Waals surface area contributed by atoms with E-state index in [1.54, 1.807) is 14.2 Å². The van der Waals surface area contributed by atoms with Gasteiger partial charge in [0.2, 0.25) is 5.91 Å². The first-order valence-corrected chi connectivity index (χ1v) is 6.24. The van der Waals surface area contributed by atoms with Gasteiger partial charge in [0.25, 0.3) is 0 Å². The van der Waals surface area contributed by atoms with Crippen LogP contribution in [0.4, 0.5) is 0 Å². The number of rotatable bonds is 7. The van der Waals surface area contributed by atoms with Crippen molar-refractivity contribution >= 4 is 12.0 Å². The average molecular weight is 263 g/mol. The van der Waals surface area contributed by atoms with Gasteiger partial charge < -0.3 is 14.8 Å². The first kappa shape index (κ1) is 15.4. The highest BCUT2D eigenvalue weighted by molar-refractivity contribution is 5.72. The second-order valence-electron chi connectivity index (χ2n) is 4.11. The van der Waals surface area contributed by atoms with Gasteiger partial charge in [0.15, 0.2) is 6.29 Å². The summed E-state index contributed by atoms with van der Waals surface area (Å²) in [6.45, 7) is 2.16. The van der Waals surface area contributed by atoms with Gasteiger partial charge in [-0.3, -0.25) is 4.79 Å². The first-order valence-electron chi connectivity index (χ1n) is 6.24. The minimum absolute atomic E-state index is 0.00682. The predicted octanol–water partition coefficient (Wildman–Crippen LogP) is 2.52. The molecule has 1 amide bonds. The number of carbonyl (C=O) groups is 1. The summed E-state index contributed by atoms with van der Waals surface area (Å²) in [5.41, 5.74) is 2.04. The molecule has 0 saturated carbocycles. The number of nitrogens with one attached hydrogen (secondary N) is 1. The molecule has 0 bridgehead atoms. The van der Waals surface area contributed by atoms with Crippen LogP contribution in [0.2, 0.25) is 0 Å². The van der Waals surface area contributed by atoms with E-state index in [4.69, 9.17) is 9.47 Å². The van der Waals surface area contributed by atoms with Crippen LogP contribution in [-0.2, 0) is 14.3 Å². The van der Waals surface area contributed by atoms with Crippen molar-refractivity contribution in [2.75, 3.05) is 20.8 Å². The molecule has 1 aromatic carbocycles. The lowest BCUT2D eigenvalue weighted by molar-refractivity contribution is -0.118. The molecule has 0 aliphatic carbocycles. The number of hydrogen-bond donors (Lipinski definition) is 1. The molecule has 1 aromatic rings. The fourth-order valence-corrected chi connectivity index (χ4v) is 1.77. The smallest absolute Gasteiger partial charge is 0.216 e. The van der Waals surface area contributed by atoms with Gasteiger partial charge >= 0.3 is 0 Å². The fraction of sp³-hybridized carbons (Fsp3) is 0.400. The van der Waals surface area contributed by atoms with E-state index in [9.17, 15) is 4.79 Å². The lowest BCUT2D eigenvalue weighted by Crippen LogP contribution is -2.20. The predicted molar refractivity (Wildman–Crippen MR) is 75.5 cm³/mol. The largest absolute Gasteiger partial charge is 0.356 e. The van der Waals surface area contributed by atoms with Crippen LogP contribution in [0.25, 0.3) is 6.08 Å². The van der Waals surface area contributed by atoms with Crippen LogP contribution in [-0.4, -0.2) is 26.7 Å². The Morgan fingerprint density at radius 3 is 2.63 bits per heavy atom. The third kappa shape index (κ3) is 5.24. The quantitative estimate of drug-likeness (QED) is 0.607. The molecule has 4 nitrogen and oxygen atoms in total. The molecule has 0 radical (unpaired) electrons. The number of methoxy groups -OCH3 is 2. The second-order valence-corrected chi connectivity index (χ2v) is 4.11. The normalized spacial score (nSPS) is 11.2. The van der Waals surface area contributed by atoms with Crippen molar-refractivity contribution in [3.8, 4) is 0 Å². The maximum atomic E-state index is 10.7. The SMILES string of the molecule is COC(OC)c1ccccc1C=CCCNC(C)=O. The third-order valence-corrected chi connectivity index (χ3v) is 2.66. The molecule has 0 spiro atoms. The van der Waals surface area contributed by atoms with Crippen LogP contribution in [0.3, 0.4) is 0 Å². The van der Waals surface area contributed by atoms with E-state index in [0.717, 1.165) is 17.5 Å². The van der Waals surface area contributed by atoms with Crippen molar-refractivity contribution in [1.82, 2.24) is 5.32 Å². The molecule has 4 heteroatoms. The summed E-state index contributed by atoms with van der Waals surface area (Å²) in [7, 11) is 3.23. The average Bonchev–Trinajstić information content (AvgIpc) is 2.41. The molecule has 0 heterocycles. The molecule has 0 unspecified atom stereocenters. The molecule has 0 aliphatic heterocycles. The van der Waals surface area contributed by atoms with E-state index < -0.39 is 0 Å². The molecule has 1 N–H and O–H groups in total. The van der Waals surface area contributed by atoms with Crippen molar-refractivity contribution in [3.05, 3.63) is 41.5 Å². The van der Waals surface area contributed by atoms with Gasteiger partial charge in [0.1, 0.15) is 0 Å². The third-order valence-electron chi connectivity index (χ3n) is 2.66. The molecule has 0 atom stereocenters. The summed E-state index contributed by atoms with van der Waals surface area (Å²) < 4.78 is 10.5. The number of ether oxygens (including phenoxy) is 2. The Labute approximate surface area is 114 Å². The molecule has 0 saturated heterocycles. The van der Waals surface area contributed by atoms with Crippen molar-refractivity contribution in [2.24, 2.45) is 0 Å². The number of hydrogen-bond acceptors (Lipinski definition) is 3. The summed E-state index contributed by atoms with van der Waals surface area (Å²) in [5.74, 6) is -0.00682. The summed E-state index contributed by atoms with van der Waals surface area (Å²) >= 11 is 0. The Kier molecular flexibility index (Phi) is 6.85. The molecule has 0 aromatic heterocycles. The van der Waals surface area contributed by atoms with Gasteiger partial charge in [-0.1, -0.05) is 36.4 Å². The van der Waals surface area contributed by atoms with E-state index >= 15 is 0 Å². The second kappa shape index (κ2) is 8.45. The van der Waals surface area contributed by atoms with Gasteiger partial charge in [0.05, 0.1) is 0 Å². The maximum Gasteiger partial charge on any atom is 0.216 e. The number of carbonyl (C=O) groups excluding carboxylic acids is 1. The standard InChI is InChI=1S/C15H21NO3/c1-12(17)16-11-7-6-9-13-8-4-5-10-14(13)15(18-2)19-3/h4-6,8-10,15H,7,11H2,1-3H3,(H,16,17).